The lowest BCUT2D eigenvalue weighted by atomic mass is 9.78. The SMILES string of the molecule is c1nc(NCC2(c3ccc4c(c3)OCCO4)CCCC2)c2[nH]cnc2n1. The molecule has 2 aromatic heterocycles. The second-order valence-electron chi connectivity index (χ2n) is 7.02. The predicted molar refractivity (Wildman–Crippen MR) is 97.8 cm³/mol. The fourth-order valence-corrected chi connectivity index (χ4v) is 4.14. The number of H-pyrrole nitrogens is 1. The van der Waals surface area contributed by atoms with Gasteiger partial charge in [-0.1, -0.05) is 18.9 Å². The van der Waals surface area contributed by atoms with E-state index in [1.54, 1.807) is 12.7 Å². The zero-order valence-electron chi connectivity index (χ0n) is 14.5. The highest BCUT2D eigenvalue weighted by Crippen LogP contribution is 2.44. The molecule has 0 atom stereocenters. The maximum atomic E-state index is 5.80. The zero-order valence-corrected chi connectivity index (χ0v) is 14.5. The Labute approximate surface area is 151 Å². The first-order valence-electron chi connectivity index (χ1n) is 9.12. The minimum atomic E-state index is 0.0765. The van der Waals surface area contributed by atoms with Crippen molar-refractivity contribution in [2.75, 3.05) is 25.1 Å². The quantitative estimate of drug-likeness (QED) is 0.751. The molecule has 1 fully saturated rings. The van der Waals surface area contributed by atoms with Gasteiger partial charge in [-0.25, -0.2) is 15.0 Å². The van der Waals surface area contributed by atoms with Gasteiger partial charge >= 0.3 is 0 Å². The van der Waals surface area contributed by atoms with Crippen LogP contribution < -0.4 is 14.8 Å². The summed E-state index contributed by atoms with van der Waals surface area (Å²) >= 11 is 0. The van der Waals surface area contributed by atoms with Crippen LogP contribution in [-0.4, -0.2) is 39.7 Å². The third kappa shape index (κ3) is 2.55. The molecule has 26 heavy (non-hydrogen) atoms. The smallest absolute Gasteiger partial charge is 0.182 e. The lowest BCUT2D eigenvalue weighted by Gasteiger charge is -2.31. The van der Waals surface area contributed by atoms with Crippen LogP contribution >= 0.6 is 0 Å². The van der Waals surface area contributed by atoms with Crippen LogP contribution in [-0.2, 0) is 5.41 Å². The first-order chi connectivity index (χ1) is 12.8. The molecule has 0 bridgehead atoms. The van der Waals surface area contributed by atoms with Crippen LogP contribution in [0.15, 0.2) is 30.9 Å². The van der Waals surface area contributed by atoms with E-state index in [1.165, 1.54) is 18.4 Å². The highest BCUT2D eigenvalue weighted by molar-refractivity contribution is 5.81. The third-order valence-corrected chi connectivity index (χ3v) is 5.53. The van der Waals surface area contributed by atoms with Crippen LogP contribution in [0.25, 0.3) is 11.2 Å². The van der Waals surface area contributed by atoms with Crippen LogP contribution in [0, 0.1) is 0 Å². The second kappa shape index (κ2) is 6.16. The monoisotopic (exact) mass is 351 g/mol. The van der Waals surface area contributed by atoms with E-state index in [1.807, 2.05) is 6.07 Å². The van der Waals surface area contributed by atoms with Crippen molar-refractivity contribution < 1.29 is 9.47 Å². The molecule has 0 unspecified atom stereocenters. The van der Waals surface area contributed by atoms with Crippen molar-refractivity contribution >= 4 is 17.0 Å². The van der Waals surface area contributed by atoms with Crippen molar-refractivity contribution in [2.45, 2.75) is 31.1 Å². The minimum absolute atomic E-state index is 0.0765. The van der Waals surface area contributed by atoms with Crippen molar-refractivity contribution in [3.05, 3.63) is 36.4 Å². The Hall–Kier alpha value is -2.83. The van der Waals surface area contributed by atoms with Gasteiger partial charge in [-0.2, -0.15) is 0 Å². The van der Waals surface area contributed by atoms with Crippen molar-refractivity contribution in [1.82, 2.24) is 19.9 Å². The standard InChI is InChI=1S/C19H21N5O2/c1-2-6-19(5-1,13-3-4-14-15(9-13)26-8-7-25-14)10-20-17-16-18(22-11-21-16)24-12-23-17/h3-4,9,11-12H,1-2,5-8,10H2,(H2,20,21,22,23,24). The van der Waals surface area contributed by atoms with E-state index in [4.69, 9.17) is 9.47 Å². The van der Waals surface area contributed by atoms with Crippen LogP contribution in [0.5, 0.6) is 11.5 Å². The second-order valence-corrected chi connectivity index (χ2v) is 7.02. The molecule has 2 N–H and O–H groups in total. The molecule has 7 heteroatoms. The maximum Gasteiger partial charge on any atom is 0.182 e. The molecule has 0 saturated heterocycles. The van der Waals surface area contributed by atoms with E-state index >= 15 is 0 Å². The van der Waals surface area contributed by atoms with E-state index in [9.17, 15) is 0 Å². The summed E-state index contributed by atoms with van der Waals surface area (Å²) in [6.07, 6.45) is 7.97. The van der Waals surface area contributed by atoms with Gasteiger partial charge in [0.25, 0.3) is 0 Å². The van der Waals surface area contributed by atoms with Crippen molar-refractivity contribution in [1.29, 1.82) is 0 Å². The molecule has 1 aromatic carbocycles. The highest BCUT2D eigenvalue weighted by Gasteiger charge is 2.36. The normalized spacial score (nSPS) is 18.2. The van der Waals surface area contributed by atoms with Gasteiger partial charge in [0.05, 0.1) is 6.33 Å². The molecule has 0 spiro atoms. The van der Waals surface area contributed by atoms with Gasteiger partial charge in [0.2, 0.25) is 0 Å². The van der Waals surface area contributed by atoms with Crippen molar-refractivity contribution in [3.63, 3.8) is 0 Å². The van der Waals surface area contributed by atoms with Gasteiger partial charge in [0, 0.05) is 12.0 Å². The number of anilines is 1. The molecular weight excluding hydrogens is 330 g/mol. The number of aromatic nitrogens is 4. The van der Waals surface area contributed by atoms with E-state index in [2.05, 4.69) is 37.4 Å². The number of ether oxygens (including phenoxy) is 2. The number of fused-ring (bicyclic) bond motifs is 2. The first-order valence-corrected chi connectivity index (χ1v) is 9.12. The molecule has 1 aliphatic heterocycles. The Balaban J connectivity index is 1.45. The van der Waals surface area contributed by atoms with Gasteiger partial charge < -0.3 is 19.8 Å². The zero-order chi connectivity index (χ0) is 17.4. The summed E-state index contributed by atoms with van der Waals surface area (Å²) in [5.74, 6) is 2.51. The molecule has 2 aliphatic rings. The van der Waals surface area contributed by atoms with Crippen LogP contribution in [0.1, 0.15) is 31.2 Å². The number of rotatable bonds is 4. The Morgan fingerprint density at radius 3 is 2.77 bits per heavy atom. The molecule has 0 radical (unpaired) electrons. The molecule has 3 aromatic rings. The minimum Gasteiger partial charge on any atom is -0.486 e. The average Bonchev–Trinajstić information content (AvgIpc) is 3.36. The summed E-state index contributed by atoms with van der Waals surface area (Å²) in [7, 11) is 0. The number of nitrogens with zero attached hydrogens (tertiary/aromatic N) is 3. The maximum absolute atomic E-state index is 5.80. The van der Waals surface area contributed by atoms with Gasteiger partial charge in [-0.05, 0) is 30.5 Å². The number of aromatic amines is 1. The molecular formula is C19H21N5O2. The number of nitrogens with one attached hydrogen (secondary N) is 2. The predicted octanol–water partition coefficient (Wildman–Crippen LogP) is 3.05. The van der Waals surface area contributed by atoms with E-state index < -0.39 is 0 Å². The molecule has 3 heterocycles. The van der Waals surface area contributed by atoms with Gasteiger partial charge in [0.1, 0.15) is 25.1 Å². The number of hydrogen-bond donors (Lipinski definition) is 2. The van der Waals surface area contributed by atoms with Crippen LogP contribution in [0.2, 0.25) is 0 Å². The van der Waals surface area contributed by atoms with Gasteiger partial charge in [-0.15, -0.1) is 0 Å². The summed E-state index contributed by atoms with van der Waals surface area (Å²) in [6.45, 7) is 2.05. The lowest BCUT2D eigenvalue weighted by molar-refractivity contribution is 0.171. The molecule has 5 rings (SSSR count). The largest absolute Gasteiger partial charge is 0.486 e. The summed E-state index contributed by atoms with van der Waals surface area (Å²) in [4.78, 5) is 15.9. The highest BCUT2D eigenvalue weighted by atomic mass is 16.6. The molecule has 1 aliphatic carbocycles. The first kappa shape index (κ1) is 15.4. The molecule has 134 valence electrons. The molecule has 0 amide bonds. The number of benzene rings is 1. The number of hydrogen-bond acceptors (Lipinski definition) is 6. The number of imidazole rings is 1. The van der Waals surface area contributed by atoms with E-state index in [0.717, 1.165) is 42.2 Å². The Bertz CT molecular complexity index is 933. The van der Waals surface area contributed by atoms with Crippen molar-refractivity contribution in [3.8, 4) is 11.5 Å². The summed E-state index contributed by atoms with van der Waals surface area (Å²) in [6, 6.07) is 6.39. The topological polar surface area (TPSA) is 85.0 Å². The van der Waals surface area contributed by atoms with Gasteiger partial charge in [-0.3, -0.25) is 0 Å². The summed E-state index contributed by atoms with van der Waals surface area (Å²) < 4.78 is 11.5. The van der Waals surface area contributed by atoms with Crippen LogP contribution in [0.3, 0.4) is 0 Å². The average molecular weight is 351 g/mol. The van der Waals surface area contributed by atoms with E-state index in [0.29, 0.717) is 18.9 Å². The summed E-state index contributed by atoms with van der Waals surface area (Å²) in [5.41, 5.74) is 2.92. The Morgan fingerprint density at radius 1 is 1.04 bits per heavy atom. The van der Waals surface area contributed by atoms with Crippen LogP contribution in [0.4, 0.5) is 5.82 Å². The Morgan fingerprint density at radius 2 is 1.88 bits per heavy atom. The van der Waals surface area contributed by atoms with Gasteiger partial charge in [0.15, 0.2) is 23.0 Å². The Kier molecular flexibility index (Phi) is 3.65. The third-order valence-electron chi connectivity index (χ3n) is 5.53. The molecule has 7 nitrogen and oxygen atoms in total. The fraction of sp³-hybridized carbons (Fsp3) is 0.421. The fourth-order valence-electron chi connectivity index (χ4n) is 4.14. The lowest BCUT2D eigenvalue weighted by Crippen LogP contribution is -2.32. The van der Waals surface area contributed by atoms with E-state index in [-0.39, 0.29) is 5.41 Å². The summed E-state index contributed by atoms with van der Waals surface area (Å²) in [5, 5.41) is 3.54. The molecule has 1 saturated carbocycles. The van der Waals surface area contributed by atoms with Crippen molar-refractivity contribution in [2.24, 2.45) is 0 Å².